The predicted molar refractivity (Wildman–Crippen MR) is 78.4 cm³/mol. The molecule has 3 heteroatoms. The number of hydrogen-bond acceptors (Lipinski definition) is 3. The van der Waals surface area contributed by atoms with Gasteiger partial charge in [0.15, 0.2) is 0 Å². The second-order valence-corrected chi connectivity index (χ2v) is 4.78. The highest BCUT2D eigenvalue weighted by Gasteiger charge is 2.09. The normalized spacial score (nSPS) is 11.7. The first kappa shape index (κ1) is 14.4. The summed E-state index contributed by atoms with van der Waals surface area (Å²) in [7, 11) is 0. The van der Waals surface area contributed by atoms with Crippen LogP contribution in [0.1, 0.15) is 31.4 Å². The van der Waals surface area contributed by atoms with Crippen molar-refractivity contribution in [3.63, 3.8) is 0 Å². The molecular weight excluding hydrogens is 242 g/mol. The lowest BCUT2D eigenvalue weighted by atomic mass is 10.0. The fraction of sp³-hybridized carbons (Fsp3) is 0.267. The molecule has 0 aliphatic rings. The molecule has 1 aromatic rings. The van der Waals surface area contributed by atoms with Crippen molar-refractivity contribution in [1.29, 1.82) is 5.26 Å². The van der Waals surface area contributed by atoms with E-state index in [0.29, 0.717) is 5.56 Å². The van der Waals surface area contributed by atoms with Gasteiger partial charge in [0.1, 0.15) is 11.8 Å². The van der Waals surface area contributed by atoms with E-state index in [4.69, 9.17) is 5.26 Å². The van der Waals surface area contributed by atoms with E-state index >= 15 is 0 Å². The van der Waals surface area contributed by atoms with Crippen LogP contribution in [-0.2, 0) is 0 Å². The van der Waals surface area contributed by atoms with Crippen molar-refractivity contribution in [1.82, 2.24) is 0 Å². The van der Waals surface area contributed by atoms with Crippen LogP contribution in [0.25, 0.3) is 4.91 Å². The average Bonchev–Trinajstić information content (AvgIpc) is 2.38. The summed E-state index contributed by atoms with van der Waals surface area (Å²) in [5, 5.41) is 18.5. The van der Waals surface area contributed by atoms with Crippen LogP contribution in [0, 0.1) is 11.3 Å². The minimum atomic E-state index is 0.0245. The van der Waals surface area contributed by atoms with E-state index in [1.54, 1.807) is 23.9 Å². The molecule has 0 saturated carbocycles. The number of phenolic OH excluding ortho intramolecular Hbond substituents is 1. The average molecular weight is 259 g/mol. The maximum absolute atomic E-state index is 9.74. The molecule has 0 spiro atoms. The van der Waals surface area contributed by atoms with Gasteiger partial charge in [0.05, 0.1) is 5.56 Å². The quantitative estimate of drug-likeness (QED) is 0.819. The monoisotopic (exact) mass is 259 g/mol. The third-order valence-corrected chi connectivity index (χ3v) is 3.83. The molecule has 18 heavy (non-hydrogen) atoms. The third-order valence-electron chi connectivity index (χ3n) is 2.88. The highest BCUT2D eigenvalue weighted by molar-refractivity contribution is 8.07. The zero-order valence-electron chi connectivity index (χ0n) is 10.9. The van der Waals surface area contributed by atoms with Crippen molar-refractivity contribution in [3.8, 4) is 11.8 Å². The fourth-order valence-electron chi connectivity index (χ4n) is 1.68. The largest absolute Gasteiger partial charge is 0.507 e. The molecule has 0 amide bonds. The van der Waals surface area contributed by atoms with Crippen molar-refractivity contribution < 1.29 is 5.11 Å². The number of aromatic hydroxyl groups is 1. The van der Waals surface area contributed by atoms with Crippen LogP contribution in [0.2, 0.25) is 0 Å². The molecule has 94 valence electrons. The Kier molecular flexibility index (Phi) is 5.06. The Morgan fingerprint density at radius 1 is 1.50 bits per heavy atom. The highest BCUT2D eigenvalue weighted by Crippen LogP contribution is 2.34. The number of allylic oxidation sites excluding steroid dienone is 2. The van der Waals surface area contributed by atoms with Gasteiger partial charge in [-0.25, -0.2) is 0 Å². The number of rotatable bonds is 4. The van der Waals surface area contributed by atoms with Gasteiger partial charge in [-0.2, -0.15) is 5.26 Å². The summed E-state index contributed by atoms with van der Waals surface area (Å²) in [5.74, 6) is 0.0245. The van der Waals surface area contributed by atoms with Crippen LogP contribution in [0.3, 0.4) is 0 Å². The van der Waals surface area contributed by atoms with Crippen molar-refractivity contribution in [2.45, 2.75) is 20.3 Å². The number of phenols is 1. The molecule has 0 heterocycles. The molecule has 0 aromatic heterocycles. The minimum absolute atomic E-state index is 0.0245. The van der Waals surface area contributed by atoms with Crippen molar-refractivity contribution >= 4 is 16.7 Å². The Bertz CT molecular complexity index is 538. The summed E-state index contributed by atoms with van der Waals surface area (Å²) >= 11 is 1.62. The molecule has 0 aliphatic heterocycles. The Morgan fingerprint density at radius 3 is 2.61 bits per heavy atom. The zero-order chi connectivity index (χ0) is 13.7. The maximum atomic E-state index is 9.74. The summed E-state index contributed by atoms with van der Waals surface area (Å²) in [6, 6.07) is 7.09. The molecule has 0 saturated heterocycles. The molecular formula is C15H17NOS. The second-order valence-electron chi connectivity index (χ2n) is 3.96. The van der Waals surface area contributed by atoms with Gasteiger partial charge >= 0.3 is 0 Å². The topological polar surface area (TPSA) is 44.0 Å². The van der Waals surface area contributed by atoms with E-state index in [-0.39, 0.29) is 5.75 Å². The van der Waals surface area contributed by atoms with Gasteiger partial charge in [-0.3, -0.25) is 0 Å². The van der Waals surface area contributed by atoms with Crippen molar-refractivity contribution in [3.05, 3.63) is 47.1 Å². The first-order valence-electron chi connectivity index (χ1n) is 5.71. The Hall–Kier alpha value is -1.66. The van der Waals surface area contributed by atoms with Gasteiger partial charge in [-0.1, -0.05) is 25.1 Å². The lowest BCUT2D eigenvalue weighted by Crippen LogP contribution is -1.89. The van der Waals surface area contributed by atoms with Gasteiger partial charge in [0, 0.05) is 4.91 Å². The van der Waals surface area contributed by atoms with E-state index < -0.39 is 0 Å². The molecule has 0 radical (unpaired) electrons. The van der Waals surface area contributed by atoms with E-state index in [1.807, 2.05) is 25.3 Å². The van der Waals surface area contributed by atoms with Gasteiger partial charge in [-0.05, 0) is 42.9 Å². The molecule has 0 bridgehead atoms. The van der Waals surface area contributed by atoms with Crippen LogP contribution in [0.4, 0.5) is 0 Å². The maximum Gasteiger partial charge on any atom is 0.133 e. The van der Waals surface area contributed by atoms with Crippen molar-refractivity contribution in [2.75, 3.05) is 6.26 Å². The van der Waals surface area contributed by atoms with Crippen LogP contribution in [-0.4, -0.2) is 11.4 Å². The number of hydrogen-bond donors (Lipinski definition) is 1. The number of nitriles is 1. The highest BCUT2D eigenvalue weighted by atomic mass is 32.2. The van der Waals surface area contributed by atoms with E-state index in [0.717, 1.165) is 28.0 Å². The Balaban J connectivity index is 3.31. The van der Waals surface area contributed by atoms with Crippen LogP contribution in [0.15, 0.2) is 35.9 Å². The fourth-order valence-corrected chi connectivity index (χ4v) is 2.49. The first-order valence-corrected chi connectivity index (χ1v) is 6.94. The number of nitrogens with zero attached hydrogens (tertiary/aromatic N) is 1. The standard InChI is InChI=1S/C15H17NOS/c1-5-10(2)11(3)15(18-4)12-6-7-13(9-16)14(17)8-12/h6-8,17H,2,5H2,1,3-4H3. The molecule has 0 unspecified atom stereocenters. The summed E-state index contributed by atoms with van der Waals surface area (Å²) in [6.45, 7) is 8.14. The second kappa shape index (κ2) is 6.32. The van der Waals surface area contributed by atoms with Gasteiger partial charge in [0.25, 0.3) is 0 Å². The van der Waals surface area contributed by atoms with Crippen LogP contribution < -0.4 is 0 Å². The SMILES string of the molecule is C=C(CC)C(C)=C(SC)c1ccc(C#N)c(O)c1. The van der Waals surface area contributed by atoms with Gasteiger partial charge in [-0.15, -0.1) is 11.8 Å². The van der Waals surface area contributed by atoms with Gasteiger partial charge in [0.2, 0.25) is 0 Å². The molecule has 0 aliphatic carbocycles. The molecule has 1 N–H and O–H groups in total. The Morgan fingerprint density at radius 2 is 2.17 bits per heavy atom. The zero-order valence-corrected chi connectivity index (χ0v) is 11.8. The number of benzene rings is 1. The summed E-state index contributed by atoms with van der Waals surface area (Å²) in [5.41, 5.74) is 3.44. The third kappa shape index (κ3) is 2.96. The van der Waals surface area contributed by atoms with E-state index in [1.165, 1.54) is 0 Å². The lowest BCUT2D eigenvalue weighted by molar-refractivity contribution is 0.473. The summed E-state index contributed by atoms with van der Waals surface area (Å²) in [6.07, 6.45) is 2.90. The molecule has 2 nitrogen and oxygen atoms in total. The molecule has 0 fully saturated rings. The van der Waals surface area contributed by atoms with E-state index in [2.05, 4.69) is 13.5 Å². The van der Waals surface area contributed by atoms with Crippen LogP contribution in [0.5, 0.6) is 5.75 Å². The summed E-state index contributed by atoms with van der Waals surface area (Å²) in [4.78, 5) is 1.08. The molecule has 0 atom stereocenters. The first-order chi connectivity index (χ1) is 8.54. The predicted octanol–water partition coefficient (Wildman–Crippen LogP) is 4.32. The Labute approximate surface area is 113 Å². The smallest absolute Gasteiger partial charge is 0.133 e. The number of thioether (sulfide) groups is 1. The molecule has 1 rings (SSSR count). The molecule has 1 aromatic carbocycles. The van der Waals surface area contributed by atoms with Crippen LogP contribution >= 0.6 is 11.8 Å². The van der Waals surface area contributed by atoms with Crippen molar-refractivity contribution in [2.24, 2.45) is 0 Å². The minimum Gasteiger partial charge on any atom is -0.507 e. The summed E-state index contributed by atoms with van der Waals surface area (Å²) < 4.78 is 0. The van der Waals surface area contributed by atoms with Gasteiger partial charge < -0.3 is 5.11 Å². The van der Waals surface area contributed by atoms with E-state index in [9.17, 15) is 5.11 Å². The lowest BCUT2D eigenvalue weighted by Gasteiger charge is -2.12.